The molecule has 0 saturated heterocycles. The summed E-state index contributed by atoms with van der Waals surface area (Å²) in [6.07, 6.45) is 0. The van der Waals surface area contributed by atoms with Crippen LogP contribution in [0.1, 0.15) is 0 Å². The third-order valence-electron chi connectivity index (χ3n) is 3.56. The van der Waals surface area contributed by atoms with Crippen molar-refractivity contribution < 1.29 is 5.11 Å². The fraction of sp³-hybridized carbons (Fsp3) is 0. The van der Waals surface area contributed by atoms with Gasteiger partial charge in [0, 0.05) is 5.39 Å². The largest absolute Gasteiger partial charge is 0.507 e. The molecule has 4 aromatic rings. The van der Waals surface area contributed by atoms with E-state index in [4.69, 9.17) is 0 Å². The zero-order chi connectivity index (χ0) is 12.3. The molecule has 0 saturated carbocycles. The predicted octanol–water partition coefficient (Wildman–Crippen LogP) is 5.05. The van der Waals surface area contributed by atoms with Crippen LogP contribution in [0.15, 0.2) is 53.0 Å². The minimum atomic E-state index is 0.292. The summed E-state index contributed by atoms with van der Waals surface area (Å²) >= 11 is 3.48. The molecule has 2 heteroatoms. The second-order valence-corrected chi connectivity index (χ2v) is 5.36. The summed E-state index contributed by atoms with van der Waals surface area (Å²) in [5.41, 5.74) is 0. The molecule has 0 amide bonds. The first-order chi connectivity index (χ1) is 8.75. The maximum Gasteiger partial charge on any atom is 0.131 e. The van der Waals surface area contributed by atoms with Gasteiger partial charge in [-0.2, -0.15) is 0 Å². The Morgan fingerprint density at radius 3 is 2.22 bits per heavy atom. The Morgan fingerprint density at radius 1 is 0.778 bits per heavy atom. The second-order valence-electron chi connectivity index (χ2n) is 4.57. The van der Waals surface area contributed by atoms with Crippen molar-refractivity contribution in [2.24, 2.45) is 0 Å². The summed E-state index contributed by atoms with van der Waals surface area (Å²) in [4.78, 5) is 0. The lowest BCUT2D eigenvalue weighted by molar-refractivity contribution is 0.473. The number of phenolic OH excluding ortho intramolecular Hbond substituents is 1. The lowest BCUT2D eigenvalue weighted by Crippen LogP contribution is -1.84. The Hall–Kier alpha value is -1.80. The van der Waals surface area contributed by atoms with Crippen LogP contribution in [0.3, 0.4) is 0 Å². The van der Waals surface area contributed by atoms with Gasteiger partial charge >= 0.3 is 0 Å². The van der Waals surface area contributed by atoms with Crippen molar-refractivity contribution >= 4 is 48.2 Å². The second kappa shape index (κ2) is 3.36. The van der Waals surface area contributed by atoms with Gasteiger partial charge in [0.25, 0.3) is 0 Å². The van der Waals surface area contributed by atoms with E-state index in [1.165, 1.54) is 21.5 Å². The molecule has 1 nitrogen and oxygen atoms in total. The molecular formula is C16H9BrO. The highest BCUT2D eigenvalue weighted by molar-refractivity contribution is 9.10. The van der Waals surface area contributed by atoms with Gasteiger partial charge in [0.1, 0.15) is 5.75 Å². The molecule has 4 rings (SSSR count). The highest BCUT2D eigenvalue weighted by Gasteiger charge is 2.12. The number of aromatic hydroxyl groups is 1. The normalized spacial score (nSPS) is 11.8. The predicted molar refractivity (Wildman–Crippen MR) is 79.5 cm³/mol. The maximum atomic E-state index is 9.94. The quantitative estimate of drug-likeness (QED) is 0.450. The lowest BCUT2D eigenvalue weighted by atomic mass is 9.94. The van der Waals surface area contributed by atoms with Crippen LogP contribution in [0.25, 0.3) is 32.3 Å². The first-order valence-electron chi connectivity index (χ1n) is 5.81. The standard InChI is InChI=1S/C16H9BrO/c17-16-12-7-6-10-3-1-2-9-4-5-11(8-13(16)18)15(12)14(9)10/h1-8,18H. The molecule has 0 atom stereocenters. The zero-order valence-corrected chi connectivity index (χ0v) is 11.0. The third kappa shape index (κ3) is 1.16. The van der Waals surface area contributed by atoms with E-state index in [-0.39, 0.29) is 0 Å². The summed E-state index contributed by atoms with van der Waals surface area (Å²) < 4.78 is 0.772. The summed E-state index contributed by atoms with van der Waals surface area (Å²) in [6.45, 7) is 0. The van der Waals surface area contributed by atoms with Gasteiger partial charge in [-0.3, -0.25) is 0 Å². The van der Waals surface area contributed by atoms with E-state index >= 15 is 0 Å². The Morgan fingerprint density at radius 2 is 1.44 bits per heavy atom. The number of rotatable bonds is 0. The van der Waals surface area contributed by atoms with E-state index < -0.39 is 0 Å². The van der Waals surface area contributed by atoms with Crippen molar-refractivity contribution in [2.75, 3.05) is 0 Å². The number of benzene rings is 4. The highest BCUT2D eigenvalue weighted by Crippen LogP contribution is 2.41. The maximum absolute atomic E-state index is 9.94. The van der Waals surface area contributed by atoms with Crippen LogP contribution in [0.5, 0.6) is 5.75 Å². The van der Waals surface area contributed by atoms with Crippen molar-refractivity contribution in [1.29, 1.82) is 0 Å². The first kappa shape index (κ1) is 10.2. The molecule has 0 fully saturated rings. The van der Waals surface area contributed by atoms with E-state index in [9.17, 15) is 5.11 Å². The van der Waals surface area contributed by atoms with Gasteiger partial charge in [0.2, 0.25) is 0 Å². The summed E-state index contributed by atoms with van der Waals surface area (Å²) in [7, 11) is 0. The van der Waals surface area contributed by atoms with E-state index in [0.29, 0.717) is 5.75 Å². The van der Waals surface area contributed by atoms with Crippen molar-refractivity contribution in [2.45, 2.75) is 0 Å². The van der Waals surface area contributed by atoms with Gasteiger partial charge in [-0.1, -0.05) is 42.5 Å². The zero-order valence-electron chi connectivity index (χ0n) is 9.44. The van der Waals surface area contributed by atoms with Gasteiger partial charge in [-0.15, -0.1) is 0 Å². The van der Waals surface area contributed by atoms with E-state index in [1.54, 1.807) is 0 Å². The van der Waals surface area contributed by atoms with Crippen LogP contribution in [0, 0.1) is 0 Å². The summed E-state index contributed by atoms with van der Waals surface area (Å²) in [5.74, 6) is 0.292. The number of halogens is 1. The van der Waals surface area contributed by atoms with Crippen LogP contribution in [-0.2, 0) is 0 Å². The smallest absolute Gasteiger partial charge is 0.131 e. The number of phenols is 1. The molecule has 0 aliphatic heterocycles. The molecule has 4 aromatic carbocycles. The van der Waals surface area contributed by atoms with Gasteiger partial charge in [0.05, 0.1) is 4.47 Å². The van der Waals surface area contributed by atoms with Crippen LogP contribution in [0.2, 0.25) is 0 Å². The molecule has 18 heavy (non-hydrogen) atoms. The molecule has 0 bridgehead atoms. The topological polar surface area (TPSA) is 20.2 Å². The van der Waals surface area contributed by atoms with E-state index in [2.05, 4.69) is 58.4 Å². The van der Waals surface area contributed by atoms with Crippen LogP contribution in [-0.4, -0.2) is 5.11 Å². The molecule has 86 valence electrons. The minimum absolute atomic E-state index is 0.292. The third-order valence-corrected chi connectivity index (χ3v) is 4.40. The van der Waals surface area contributed by atoms with E-state index in [1.807, 2.05) is 6.07 Å². The first-order valence-corrected chi connectivity index (χ1v) is 6.60. The van der Waals surface area contributed by atoms with Gasteiger partial charge in [-0.25, -0.2) is 0 Å². The Balaban J connectivity index is 2.46. The molecule has 0 aliphatic rings. The van der Waals surface area contributed by atoms with Gasteiger partial charge in [-0.05, 0) is 48.9 Å². The Labute approximate surface area is 112 Å². The molecule has 0 unspecified atom stereocenters. The summed E-state index contributed by atoms with van der Waals surface area (Å²) in [5, 5.41) is 17.1. The van der Waals surface area contributed by atoms with Gasteiger partial charge in [0.15, 0.2) is 0 Å². The fourth-order valence-corrected chi connectivity index (χ4v) is 3.21. The number of hydrogen-bond donors (Lipinski definition) is 1. The fourth-order valence-electron chi connectivity index (χ4n) is 2.76. The van der Waals surface area contributed by atoms with Crippen LogP contribution >= 0.6 is 15.9 Å². The lowest BCUT2D eigenvalue weighted by Gasteiger charge is -2.12. The molecular weight excluding hydrogens is 288 g/mol. The average molecular weight is 297 g/mol. The van der Waals surface area contributed by atoms with Crippen molar-refractivity contribution in [1.82, 2.24) is 0 Å². The minimum Gasteiger partial charge on any atom is -0.507 e. The molecule has 0 spiro atoms. The van der Waals surface area contributed by atoms with Gasteiger partial charge < -0.3 is 5.11 Å². The van der Waals surface area contributed by atoms with Crippen molar-refractivity contribution in [3.8, 4) is 5.75 Å². The summed E-state index contributed by atoms with van der Waals surface area (Å²) in [6, 6.07) is 16.5. The van der Waals surface area contributed by atoms with Crippen LogP contribution in [0.4, 0.5) is 0 Å². The number of hydrogen-bond acceptors (Lipinski definition) is 1. The van der Waals surface area contributed by atoms with Crippen molar-refractivity contribution in [3.05, 3.63) is 53.0 Å². The highest BCUT2D eigenvalue weighted by atomic mass is 79.9. The molecule has 0 heterocycles. The Kier molecular flexibility index (Phi) is 1.90. The van der Waals surface area contributed by atoms with Crippen molar-refractivity contribution in [3.63, 3.8) is 0 Å². The molecule has 0 aromatic heterocycles. The average Bonchev–Trinajstić information content (AvgIpc) is 2.40. The molecule has 1 N–H and O–H groups in total. The Bertz CT molecular complexity index is 880. The van der Waals surface area contributed by atoms with Crippen LogP contribution < -0.4 is 0 Å². The molecule has 0 radical (unpaired) electrons. The van der Waals surface area contributed by atoms with E-state index in [0.717, 1.165) is 15.2 Å². The molecule has 0 aliphatic carbocycles. The SMILES string of the molecule is Oc1cc2ccc3cccc4ccc(c1Br)c2c34. The monoisotopic (exact) mass is 296 g/mol.